The predicted octanol–water partition coefficient (Wildman–Crippen LogP) is 2.36. The minimum absolute atomic E-state index is 0.106. The standard InChI is InChI=1S/C12H13F3N2O2S/c13-12(14,15)7-1-2-10(9(16)3-7)17-11(18)6-20-8-4-19-5-8/h1-3,8H,4-6,16H2,(H,17,18). The molecule has 0 aliphatic carbocycles. The lowest BCUT2D eigenvalue weighted by molar-refractivity contribution is -0.137. The van der Waals surface area contributed by atoms with Gasteiger partial charge in [0, 0.05) is 0 Å². The molecule has 0 aromatic heterocycles. The maximum atomic E-state index is 12.5. The molecule has 1 heterocycles. The van der Waals surface area contributed by atoms with Gasteiger partial charge in [-0.3, -0.25) is 4.79 Å². The van der Waals surface area contributed by atoms with Crippen LogP contribution in [0.4, 0.5) is 24.5 Å². The van der Waals surface area contributed by atoms with Gasteiger partial charge >= 0.3 is 6.18 Å². The summed E-state index contributed by atoms with van der Waals surface area (Å²) in [6, 6.07) is 2.86. The third-order valence-electron chi connectivity index (χ3n) is 2.71. The summed E-state index contributed by atoms with van der Waals surface area (Å²) >= 11 is 1.45. The number of ether oxygens (including phenoxy) is 1. The quantitative estimate of drug-likeness (QED) is 0.838. The number of carbonyl (C=O) groups excluding carboxylic acids is 1. The van der Waals surface area contributed by atoms with E-state index < -0.39 is 11.7 Å². The van der Waals surface area contributed by atoms with Crippen LogP contribution in [0.5, 0.6) is 0 Å². The number of nitrogens with two attached hydrogens (primary N) is 1. The first-order valence-electron chi connectivity index (χ1n) is 5.82. The van der Waals surface area contributed by atoms with Crippen molar-refractivity contribution in [2.75, 3.05) is 30.0 Å². The van der Waals surface area contributed by atoms with Gasteiger partial charge in [-0.15, -0.1) is 11.8 Å². The number of hydrogen-bond acceptors (Lipinski definition) is 4. The zero-order valence-electron chi connectivity index (χ0n) is 10.4. The van der Waals surface area contributed by atoms with Crippen molar-refractivity contribution in [3.63, 3.8) is 0 Å². The van der Waals surface area contributed by atoms with Crippen LogP contribution in [0.2, 0.25) is 0 Å². The Hall–Kier alpha value is -1.41. The van der Waals surface area contributed by atoms with Crippen LogP contribution in [-0.4, -0.2) is 30.1 Å². The second-order valence-corrected chi connectivity index (χ2v) is 5.61. The lowest BCUT2D eigenvalue weighted by Crippen LogP contribution is -2.32. The van der Waals surface area contributed by atoms with E-state index in [4.69, 9.17) is 10.5 Å². The van der Waals surface area contributed by atoms with Gasteiger partial charge in [0.05, 0.1) is 41.2 Å². The molecule has 1 aromatic rings. The van der Waals surface area contributed by atoms with Gasteiger partial charge in [-0.05, 0) is 18.2 Å². The SMILES string of the molecule is Nc1cc(C(F)(F)F)ccc1NC(=O)CSC1COC1. The second-order valence-electron chi connectivity index (χ2n) is 4.32. The Labute approximate surface area is 117 Å². The number of alkyl halides is 3. The molecule has 0 bridgehead atoms. The Balaban J connectivity index is 1.93. The van der Waals surface area contributed by atoms with E-state index in [1.54, 1.807) is 0 Å². The van der Waals surface area contributed by atoms with Crippen LogP contribution in [0.25, 0.3) is 0 Å². The van der Waals surface area contributed by atoms with E-state index in [-0.39, 0.29) is 23.0 Å². The number of amides is 1. The lowest BCUT2D eigenvalue weighted by Gasteiger charge is -2.24. The summed E-state index contributed by atoms with van der Waals surface area (Å²) in [6.07, 6.45) is -4.45. The van der Waals surface area contributed by atoms with Crippen molar-refractivity contribution in [2.45, 2.75) is 11.4 Å². The summed E-state index contributed by atoms with van der Waals surface area (Å²) in [5.74, 6) is -0.0811. The smallest absolute Gasteiger partial charge is 0.397 e. The number of rotatable bonds is 4. The van der Waals surface area contributed by atoms with Crippen LogP contribution in [-0.2, 0) is 15.7 Å². The van der Waals surface area contributed by atoms with Gasteiger partial charge < -0.3 is 15.8 Å². The first-order chi connectivity index (χ1) is 9.36. The van der Waals surface area contributed by atoms with Crippen LogP contribution in [0.3, 0.4) is 0 Å². The normalized spacial score (nSPS) is 15.8. The largest absolute Gasteiger partial charge is 0.416 e. The maximum absolute atomic E-state index is 12.5. The summed E-state index contributed by atoms with van der Waals surface area (Å²) in [5, 5.41) is 2.81. The Kier molecular flexibility index (Phi) is 4.44. The van der Waals surface area contributed by atoms with E-state index >= 15 is 0 Å². The van der Waals surface area contributed by atoms with E-state index in [0.717, 1.165) is 18.2 Å². The molecule has 110 valence electrons. The Morgan fingerprint density at radius 1 is 1.45 bits per heavy atom. The zero-order valence-corrected chi connectivity index (χ0v) is 11.2. The van der Waals surface area contributed by atoms with E-state index in [1.807, 2.05) is 0 Å². The number of carbonyl (C=O) groups is 1. The fourth-order valence-corrected chi connectivity index (χ4v) is 2.39. The van der Waals surface area contributed by atoms with Gasteiger partial charge in [-0.25, -0.2) is 0 Å². The van der Waals surface area contributed by atoms with Crippen LogP contribution in [0.1, 0.15) is 5.56 Å². The molecule has 1 amide bonds. The molecule has 0 spiro atoms. The highest BCUT2D eigenvalue weighted by Crippen LogP contribution is 2.32. The Morgan fingerprint density at radius 2 is 2.15 bits per heavy atom. The zero-order chi connectivity index (χ0) is 14.8. The molecule has 1 aliphatic heterocycles. The van der Waals surface area contributed by atoms with Crippen molar-refractivity contribution in [3.8, 4) is 0 Å². The van der Waals surface area contributed by atoms with Crippen molar-refractivity contribution in [1.29, 1.82) is 0 Å². The van der Waals surface area contributed by atoms with Crippen molar-refractivity contribution in [3.05, 3.63) is 23.8 Å². The topological polar surface area (TPSA) is 64.3 Å². The molecule has 0 saturated carbocycles. The number of halogens is 3. The number of hydrogen-bond donors (Lipinski definition) is 2. The van der Waals surface area contributed by atoms with E-state index in [0.29, 0.717) is 18.5 Å². The summed E-state index contributed by atoms with van der Waals surface area (Å²) in [6.45, 7) is 1.25. The Morgan fingerprint density at radius 3 is 2.65 bits per heavy atom. The summed E-state index contributed by atoms with van der Waals surface area (Å²) in [4.78, 5) is 11.6. The third kappa shape index (κ3) is 3.80. The highest BCUT2D eigenvalue weighted by atomic mass is 32.2. The molecule has 0 radical (unpaired) electrons. The molecular formula is C12H13F3N2O2S. The maximum Gasteiger partial charge on any atom is 0.416 e. The average Bonchev–Trinajstić information content (AvgIpc) is 2.28. The van der Waals surface area contributed by atoms with Gasteiger partial charge in [0.15, 0.2) is 0 Å². The minimum atomic E-state index is -4.45. The average molecular weight is 306 g/mol. The predicted molar refractivity (Wildman–Crippen MR) is 71.6 cm³/mol. The molecule has 4 nitrogen and oxygen atoms in total. The highest BCUT2D eigenvalue weighted by molar-refractivity contribution is 8.00. The van der Waals surface area contributed by atoms with Gasteiger partial charge in [0.1, 0.15) is 0 Å². The van der Waals surface area contributed by atoms with Crippen molar-refractivity contribution < 1.29 is 22.7 Å². The molecule has 1 saturated heterocycles. The highest BCUT2D eigenvalue weighted by Gasteiger charge is 2.30. The number of benzene rings is 1. The fourth-order valence-electron chi connectivity index (χ4n) is 1.54. The lowest BCUT2D eigenvalue weighted by atomic mass is 10.1. The molecule has 2 rings (SSSR count). The molecule has 20 heavy (non-hydrogen) atoms. The Bertz CT molecular complexity index is 504. The molecule has 8 heteroatoms. The minimum Gasteiger partial charge on any atom is -0.397 e. The monoisotopic (exact) mass is 306 g/mol. The van der Waals surface area contributed by atoms with Crippen molar-refractivity contribution in [1.82, 2.24) is 0 Å². The van der Waals surface area contributed by atoms with Crippen molar-refractivity contribution in [2.24, 2.45) is 0 Å². The number of nitrogens with one attached hydrogen (secondary N) is 1. The van der Waals surface area contributed by atoms with Gasteiger partial charge in [-0.2, -0.15) is 13.2 Å². The first kappa shape index (κ1) is 15.0. The molecule has 1 aliphatic rings. The van der Waals surface area contributed by atoms with Gasteiger partial charge in [0.2, 0.25) is 5.91 Å². The summed E-state index contributed by atoms with van der Waals surface area (Å²) in [5.41, 5.74) is 4.76. The van der Waals surface area contributed by atoms with Crippen LogP contribution in [0.15, 0.2) is 18.2 Å². The molecule has 0 unspecified atom stereocenters. The van der Waals surface area contributed by atoms with Gasteiger partial charge in [0.25, 0.3) is 0 Å². The number of nitrogen functional groups attached to an aromatic ring is 1. The molecule has 1 aromatic carbocycles. The second kappa shape index (κ2) is 5.92. The molecular weight excluding hydrogens is 293 g/mol. The van der Waals surface area contributed by atoms with E-state index in [9.17, 15) is 18.0 Å². The number of thioether (sulfide) groups is 1. The van der Waals surface area contributed by atoms with Crippen molar-refractivity contribution >= 4 is 29.0 Å². The first-order valence-corrected chi connectivity index (χ1v) is 6.87. The van der Waals surface area contributed by atoms with Crippen LogP contribution >= 0.6 is 11.8 Å². The van der Waals surface area contributed by atoms with Gasteiger partial charge in [-0.1, -0.05) is 0 Å². The number of anilines is 2. The summed E-state index contributed by atoms with van der Waals surface area (Å²) in [7, 11) is 0. The van der Waals surface area contributed by atoms with Crippen LogP contribution in [0, 0.1) is 0 Å². The third-order valence-corrected chi connectivity index (χ3v) is 3.88. The van der Waals surface area contributed by atoms with E-state index in [1.165, 1.54) is 11.8 Å². The fraction of sp³-hybridized carbons (Fsp3) is 0.417. The molecule has 0 atom stereocenters. The molecule has 1 fully saturated rings. The summed E-state index contributed by atoms with van der Waals surface area (Å²) < 4.78 is 42.3. The van der Waals surface area contributed by atoms with E-state index in [2.05, 4.69) is 5.32 Å². The van der Waals surface area contributed by atoms with Crippen LogP contribution < -0.4 is 11.1 Å². The molecule has 3 N–H and O–H groups in total.